The Morgan fingerprint density at radius 1 is 1.41 bits per heavy atom. The summed E-state index contributed by atoms with van der Waals surface area (Å²) >= 11 is 0. The number of benzene rings is 1. The van der Waals surface area contributed by atoms with Crippen LogP contribution in [0.1, 0.15) is 28.4 Å². The first-order valence-electron chi connectivity index (χ1n) is 5.52. The van der Waals surface area contributed by atoms with Crippen LogP contribution in [0.3, 0.4) is 0 Å². The van der Waals surface area contributed by atoms with Gasteiger partial charge in [-0.3, -0.25) is 0 Å². The maximum atomic E-state index is 11.9. The number of hydrogen-bond donors (Lipinski definition) is 1. The summed E-state index contributed by atoms with van der Waals surface area (Å²) in [6.07, 6.45) is -0.285. The molecular formula is C13H19NO3. The Labute approximate surface area is 102 Å². The number of anilines is 1. The summed E-state index contributed by atoms with van der Waals surface area (Å²) in [5.41, 5.74) is 8.64. The Kier molecular flexibility index (Phi) is 4.52. The Morgan fingerprint density at radius 3 is 2.65 bits per heavy atom. The van der Waals surface area contributed by atoms with E-state index in [0.29, 0.717) is 17.9 Å². The van der Waals surface area contributed by atoms with Crippen LogP contribution in [0.25, 0.3) is 0 Å². The van der Waals surface area contributed by atoms with Gasteiger partial charge >= 0.3 is 5.97 Å². The summed E-state index contributed by atoms with van der Waals surface area (Å²) in [5.74, 6) is -0.404. The first kappa shape index (κ1) is 13.5. The normalized spacial score (nSPS) is 12.2. The smallest absolute Gasteiger partial charge is 0.340 e. The van der Waals surface area contributed by atoms with Gasteiger partial charge in [0, 0.05) is 12.8 Å². The van der Waals surface area contributed by atoms with Crippen molar-refractivity contribution in [2.24, 2.45) is 0 Å². The van der Waals surface area contributed by atoms with Crippen LogP contribution in [0.2, 0.25) is 0 Å². The zero-order chi connectivity index (χ0) is 13.0. The van der Waals surface area contributed by atoms with E-state index < -0.39 is 5.97 Å². The molecule has 17 heavy (non-hydrogen) atoms. The number of esters is 1. The molecule has 0 aliphatic rings. The number of hydrogen-bond acceptors (Lipinski definition) is 4. The molecule has 0 amide bonds. The third-order valence-corrected chi connectivity index (χ3v) is 2.46. The number of nitrogen functional groups attached to an aromatic ring is 1. The first-order valence-corrected chi connectivity index (χ1v) is 5.52. The molecule has 2 N–H and O–H groups in total. The summed E-state index contributed by atoms with van der Waals surface area (Å²) in [5, 5.41) is 0. The van der Waals surface area contributed by atoms with Crippen molar-refractivity contribution >= 4 is 11.7 Å². The number of methoxy groups -OCH3 is 1. The molecular weight excluding hydrogens is 218 g/mol. The second-order valence-electron chi connectivity index (χ2n) is 4.21. The van der Waals surface area contributed by atoms with E-state index in [1.807, 2.05) is 19.9 Å². The number of aryl methyl sites for hydroxylation is 2. The SMILES string of the molecule is COCC(C)OC(=O)c1cc(C)cc(C)c1N. The third-order valence-electron chi connectivity index (χ3n) is 2.46. The van der Waals surface area contributed by atoms with Gasteiger partial charge in [0.05, 0.1) is 12.2 Å². The van der Waals surface area contributed by atoms with E-state index in [2.05, 4.69) is 0 Å². The Balaban J connectivity index is 2.89. The minimum atomic E-state index is -0.404. The summed E-state index contributed by atoms with van der Waals surface area (Å²) in [7, 11) is 1.56. The van der Waals surface area contributed by atoms with E-state index in [1.54, 1.807) is 20.1 Å². The molecule has 4 heteroatoms. The molecule has 0 aliphatic carbocycles. The quantitative estimate of drug-likeness (QED) is 0.643. The van der Waals surface area contributed by atoms with Gasteiger partial charge in [0.1, 0.15) is 6.10 Å². The highest BCUT2D eigenvalue weighted by atomic mass is 16.6. The van der Waals surface area contributed by atoms with Crippen LogP contribution in [-0.2, 0) is 9.47 Å². The minimum absolute atomic E-state index is 0.285. The number of ether oxygens (including phenoxy) is 2. The lowest BCUT2D eigenvalue weighted by molar-refractivity contribution is 0.0121. The highest BCUT2D eigenvalue weighted by molar-refractivity contribution is 5.96. The molecule has 0 radical (unpaired) electrons. The van der Waals surface area contributed by atoms with E-state index in [0.717, 1.165) is 11.1 Å². The van der Waals surface area contributed by atoms with Gasteiger partial charge in [-0.15, -0.1) is 0 Å². The second-order valence-corrected chi connectivity index (χ2v) is 4.21. The van der Waals surface area contributed by atoms with Crippen molar-refractivity contribution in [3.8, 4) is 0 Å². The van der Waals surface area contributed by atoms with Crippen molar-refractivity contribution in [3.63, 3.8) is 0 Å². The molecule has 1 atom stereocenters. The molecule has 94 valence electrons. The van der Waals surface area contributed by atoms with Gasteiger partial charge in [-0.1, -0.05) is 6.07 Å². The van der Waals surface area contributed by atoms with E-state index in [4.69, 9.17) is 15.2 Å². The van der Waals surface area contributed by atoms with Crippen LogP contribution < -0.4 is 5.73 Å². The second kappa shape index (κ2) is 5.68. The van der Waals surface area contributed by atoms with Gasteiger partial charge in [-0.25, -0.2) is 4.79 Å². The molecule has 1 aromatic rings. The van der Waals surface area contributed by atoms with Crippen LogP contribution in [-0.4, -0.2) is 25.8 Å². The minimum Gasteiger partial charge on any atom is -0.457 e. The monoisotopic (exact) mass is 237 g/mol. The molecule has 0 aromatic heterocycles. The lowest BCUT2D eigenvalue weighted by atomic mass is 10.0. The van der Waals surface area contributed by atoms with Crippen LogP contribution in [0.15, 0.2) is 12.1 Å². The van der Waals surface area contributed by atoms with Gasteiger partial charge in [0.2, 0.25) is 0 Å². The summed E-state index contributed by atoms with van der Waals surface area (Å²) in [6.45, 7) is 5.94. The van der Waals surface area contributed by atoms with Gasteiger partial charge in [0.25, 0.3) is 0 Å². The van der Waals surface area contributed by atoms with Crippen molar-refractivity contribution in [3.05, 3.63) is 28.8 Å². The predicted octanol–water partition coefficient (Wildman–Crippen LogP) is 2.08. The van der Waals surface area contributed by atoms with E-state index in [9.17, 15) is 4.79 Å². The Morgan fingerprint density at radius 2 is 2.06 bits per heavy atom. The molecule has 0 bridgehead atoms. The summed E-state index contributed by atoms with van der Waals surface area (Å²) in [6, 6.07) is 3.68. The van der Waals surface area contributed by atoms with Crippen molar-refractivity contribution in [2.45, 2.75) is 26.9 Å². The maximum Gasteiger partial charge on any atom is 0.340 e. The highest BCUT2D eigenvalue weighted by Crippen LogP contribution is 2.20. The zero-order valence-corrected chi connectivity index (χ0v) is 10.7. The average Bonchev–Trinajstić information content (AvgIpc) is 2.23. The number of nitrogens with two attached hydrogens (primary N) is 1. The molecule has 0 saturated heterocycles. The van der Waals surface area contributed by atoms with Gasteiger partial charge in [-0.05, 0) is 38.0 Å². The van der Waals surface area contributed by atoms with Crippen molar-refractivity contribution < 1.29 is 14.3 Å². The van der Waals surface area contributed by atoms with Crippen LogP contribution in [0.5, 0.6) is 0 Å². The maximum absolute atomic E-state index is 11.9. The average molecular weight is 237 g/mol. The zero-order valence-electron chi connectivity index (χ0n) is 10.7. The fourth-order valence-corrected chi connectivity index (χ4v) is 1.66. The molecule has 0 spiro atoms. The van der Waals surface area contributed by atoms with E-state index in [-0.39, 0.29) is 6.10 Å². The van der Waals surface area contributed by atoms with Gasteiger partial charge < -0.3 is 15.2 Å². The molecule has 0 fully saturated rings. The van der Waals surface area contributed by atoms with E-state index >= 15 is 0 Å². The standard InChI is InChI=1S/C13H19NO3/c1-8-5-9(2)12(14)11(6-8)13(15)17-10(3)7-16-4/h5-6,10H,7,14H2,1-4H3. The van der Waals surface area contributed by atoms with Crippen molar-refractivity contribution in [1.29, 1.82) is 0 Å². The molecule has 1 rings (SSSR count). The largest absolute Gasteiger partial charge is 0.457 e. The third kappa shape index (κ3) is 3.46. The molecule has 1 unspecified atom stereocenters. The Bertz CT molecular complexity index is 415. The Hall–Kier alpha value is -1.55. The van der Waals surface area contributed by atoms with Crippen molar-refractivity contribution in [1.82, 2.24) is 0 Å². The molecule has 0 aliphatic heterocycles. The molecule has 0 saturated carbocycles. The van der Waals surface area contributed by atoms with Gasteiger partial charge in [0.15, 0.2) is 0 Å². The number of carbonyl (C=O) groups is 1. The lowest BCUT2D eigenvalue weighted by Gasteiger charge is -2.14. The summed E-state index contributed by atoms with van der Waals surface area (Å²) < 4.78 is 10.1. The van der Waals surface area contributed by atoms with Crippen LogP contribution in [0.4, 0.5) is 5.69 Å². The fraction of sp³-hybridized carbons (Fsp3) is 0.462. The topological polar surface area (TPSA) is 61.5 Å². The van der Waals surface area contributed by atoms with Crippen LogP contribution in [0, 0.1) is 13.8 Å². The molecule has 0 heterocycles. The van der Waals surface area contributed by atoms with E-state index in [1.165, 1.54) is 0 Å². The highest BCUT2D eigenvalue weighted by Gasteiger charge is 2.16. The number of rotatable bonds is 4. The van der Waals surface area contributed by atoms with Gasteiger partial charge in [-0.2, -0.15) is 0 Å². The summed E-state index contributed by atoms with van der Waals surface area (Å²) in [4.78, 5) is 11.9. The predicted molar refractivity (Wildman–Crippen MR) is 67.1 cm³/mol. The number of carbonyl (C=O) groups excluding carboxylic acids is 1. The van der Waals surface area contributed by atoms with Crippen LogP contribution >= 0.6 is 0 Å². The molecule has 1 aromatic carbocycles. The van der Waals surface area contributed by atoms with Crippen molar-refractivity contribution in [2.75, 3.05) is 19.5 Å². The lowest BCUT2D eigenvalue weighted by Crippen LogP contribution is -2.20. The fourth-order valence-electron chi connectivity index (χ4n) is 1.66. The first-order chi connectivity index (χ1) is 7.95. The molecule has 4 nitrogen and oxygen atoms in total.